The highest BCUT2D eigenvalue weighted by Gasteiger charge is 2.68. The fraction of sp³-hybridized carbons (Fsp3) is 0.903. The minimum absolute atomic E-state index is 0.0157. The van der Waals surface area contributed by atoms with Crippen molar-refractivity contribution < 1.29 is 33.2 Å². The predicted molar refractivity (Wildman–Crippen MR) is 169 cm³/mol. The van der Waals surface area contributed by atoms with Crippen LogP contribution in [-0.4, -0.2) is 93.6 Å². The monoisotopic (exact) mass is 621 g/mol. The third-order valence-electron chi connectivity index (χ3n) is 10.1. The van der Waals surface area contributed by atoms with Gasteiger partial charge in [0.15, 0.2) is 0 Å². The molecule has 2 bridgehead atoms. The summed E-state index contributed by atoms with van der Waals surface area (Å²) in [5.74, 6) is 0.272. The molecule has 2 aliphatic heterocycles. The quantitative estimate of drug-likeness (QED) is 0.260. The van der Waals surface area contributed by atoms with Crippen molar-refractivity contribution in [3.8, 4) is 0 Å². The molecule has 0 aromatic carbocycles. The Labute approximate surface area is 260 Å². The Morgan fingerprint density at radius 3 is 2.42 bits per heavy atom. The van der Waals surface area contributed by atoms with E-state index in [1.165, 1.54) is 0 Å². The standard InChI is InChI=1S/C31H56BN3O7Si/c1-29(2,3)40-28(38)33-21(19-43(8,9)10)27(37)35-15-11-13-22(35)26(36)34-25(14-12-16-39-7)32-41-24-18-20-17-23(30(20,4)5)31(24,6)42-32/h20-25H,11-19H2,1-10H3,(H,33,38)(H,34,36)/t20-,21+,22-,23-,24+,25-,31-/m0/s1. The van der Waals surface area contributed by atoms with E-state index in [0.717, 1.165) is 25.7 Å². The van der Waals surface area contributed by atoms with E-state index in [1.807, 2.05) is 0 Å². The van der Waals surface area contributed by atoms with E-state index in [2.05, 4.69) is 51.0 Å². The summed E-state index contributed by atoms with van der Waals surface area (Å²) in [5, 5.41) is 6.07. The van der Waals surface area contributed by atoms with Crippen molar-refractivity contribution in [2.75, 3.05) is 20.3 Å². The number of ether oxygens (including phenoxy) is 2. The lowest BCUT2D eigenvalue weighted by Gasteiger charge is -2.64. The average Bonchev–Trinajstić information content (AvgIpc) is 3.49. The molecular weight excluding hydrogens is 565 g/mol. The second kappa shape index (κ2) is 12.6. The summed E-state index contributed by atoms with van der Waals surface area (Å²) in [4.78, 5) is 42.2. The highest BCUT2D eigenvalue weighted by molar-refractivity contribution is 6.76. The SMILES string of the molecule is COCCC[C@H](NC(=O)[C@@H]1CCCN1C(=O)[C@@H](C[Si](C)(C)C)NC(=O)OC(C)(C)C)B1O[C@@H]2C[C@@H]3C[C@@H](C3(C)C)[C@]2(C)O1. The molecule has 7 atom stereocenters. The number of nitrogens with one attached hydrogen (secondary N) is 2. The smallest absolute Gasteiger partial charge is 0.444 e. The second-order valence-electron chi connectivity index (χ2n) is 16.2. The number of alkyl carbamates (subject to hydrolysis) is 1. The molecule has 3 saturated carbocycles. The summed E-state index contributed by atoms with van der Waals surface area (Å²) >= 11 is 0. The van der Waals surface area contributed by atoms with Crippen LogP contribution in [0.3, 0.4) is 0 Å². The van der Waals surface area contributed by atoms with Gasteiger partial charge in [0.1, 0.15) is 17.7 Å². The van der Waals surface area contributed by atoms with E-state index in [0.29, 0.717) is 43.9 Å². The van der Waals surface area contributed by atoms with Gasteiger partial charge in [-0.1, -0.05) is 33.5 Å². The van der Waals surface area contributed by atoms with Crippen LogP contribution in [0.25, 0.3) is 0 Å². The van der Waals surface area contributed by atoms with Gasteiger partial charge < -0.3 is 34.3 Å². The van der Waals surface area contributed by atoms with Crippen molar-refractivity contribution in [1.29, 1.82) is 0 Å². The summed E-state index contributed by atoms with van der Waals surface area (Å²) in [7, 11) is -0.649. The maximum atomic E-state index is 13.9. The van der Waals surface area contributed by atoms with Crippen LogP contribution < -0.4 is 10.6 Å². The molecule has 0 unspecified atom stereocenters. The van der Waals surface area contributed by atoms with Crippen LogP contribution in [0.4, 0.5) is 4.79 Å². The van der Waals surface area contributed by atoms with Gasteiger partial charge in [0.25, 0.3) is 0 Å². The number of carbonyl (C=O) groups is 3. The number of likely N-dealkylation sites (tertiary alicyclic amines) is 1. The molecule has 3 aliphatic carbocycles. The first-order valence-electron chi connectivity index (χ1n) is 16.3. The summed E-state index contributed by atoms with van der Waals surface area (Å²) in [6.45, 7) is 19.8. The Balaban J connectivity index is 1.47. The molecule has 2 heterocycles. The van der Waals surface area contributed by atoms with Gasteiger partial charge in [-0.2, -0.15) is 0 Å². The molecular formula is C31H56BN3O7Si. The van der Waals surface area contributed by atoms with Crippen LogP contribution in [0, 0.1) is 17.3 Å². The van der Waals surface area contributed by atoms with Crippen LogP contribution in [-0.2, 0) is 28.4 Å². The first-order valence-corrected chi connectivity index (χ1v) is 20.0. The molecule has 5 fully saturated rings. The van der Waals surface area contributed by atoms with Gasteiger partial charge >= 0.3 is 13.2 Å². The first-order chi connectivity index (χ1) is 19.9. The van der Waals surface area contributed by atoms with Crippen LogP contribution in [0.5, 0.6) is 0 Å². The Hall–Kier alpha value is -1.63. The lowest BCUT2D eigenvalue weighted by atomic mass is 9.43. The molecule has 5 rings (SSSR count). The maximum Gasteiger partial charge on any atom is 0.481 e. The van der Waals surface area contributed by atoms with Crippen molar-refractivity contribution >= 4 is 33.1 Å². The van der Waals surface area contributed by atoms with E-state index in [9.17, 15) is 14.4 Å². The van der Waals surface area contributed by atoms with Crippen LogP contribution in [0.2, 0.25) is 25.7 Å². The van der Waals surface area contributed by atoms with Crippen molar-refractivity contribution in [2.24, 2.45) is 17.3 Å². The van der Waals surface area contributed by atoms with E-state index >= 15 is 0 Å². The molecule has 12 heteroatoms. The zero-order chi connectivity index (χ0) is 32.0. The fourth-order valence-corrected chi connectivity index (χ4v) is 9.34. The van der Waals surface area contributed by atoms with Gasteiger partial charge in [0, 0.05) is 28.3 Å². The molecule has 10 nitrogen and oxygen atoms in total. The topological polar surface area (TPSA) is 115 Å². The molecule has 0 aromatic rings. The fourth-order valence-electron chi connectivity index (χ4n) is 7.84. The van der Waals surface area contributed by atoms with Crippen LogP contribution in [0.15, 0.2) is 0 Å². The second-order valence-corrected chi connectivity index (χ2v) is 21.8. The van der Waals surface area contributed by atoms with E-state index in [-0.39, 0.29) is 34.9 Å². The molecule has 0 radical (unpaired) electrons. The van der Waals surface area contributed by atoms with Gasteiger partial charge in [-0.25, -0.2) is 4.79 Å². The van der Waals surface area contributed by atoms with E-state index < -0.39 is 39.0 Å². The van der Waals surface area contributed by atoms with Gasteiger partial charge in [-0.15, -0.1) is 0 Å². The summed E-state index contributed by atoms with van der Waals surface area (Å²) in [6.07, 6.45) is 4.21. The Kier molecular flexibility index (Phi) is 10.1. The minimum atomic E-state index is -1.77. The normalized spacial score (nSPS) is 31.1. The van der Waals surface area contributed by atoms with Crippen molar-refractivity contribution in [1.82, 2.24) is 15.5 Å². The highest BCUT2D eigenvalue weighted by Crippen LogP contribution is 2.65. The van der Waals surface area contributed by atoms with Gasteiger partial charge in [0.05, 0.1) is 17.6 Å². The molecule has 2 N–H and O–H groups in total. The highest BCUT2D eigenvalue weighted by atomic mass is 28.3. The van der Waals surface area contributed by atoms with Crippen molar-refractivity contribution in [3.05, 3.63) is 0 Å². The predicted octanol–water partition coefficient (Wildman–Crippen LogP) is 4.39. The maximum absolute atomic E-state index is 13.9. The third-order valence-corrected chi connectivity index (χ3v) is 11.8. The van der Waals surface area contributed by atoms with Gasteiger partial charge in [-0.05, 0) is 89.5 Å². The number of rotatable bonds is 11. The molecule has 3 amide bonds. The molecule has 5 aliphatic rings. The molecule has 2 saturated heterocycles. The number of carbonyl (C=O) groups excluding carboxylic acids is 3. The minimum Gasteiger partial charge on any atom is -0.444 e. The third kappa shape index (κ3) is 7.61. The van der Waals surface area contributed by atoms with E-state index in [1.54, 1.807) is 32.8 Å². The summed E-state index contributed by atoms with van der Waals surface area (Å²) < 4.78 is 24.1. The molecule has 244 valence electrons. The first kappa shape index (κ1) is 34.2. The molecule has 0 aromatic heterocycles. The number of hydrogen-bond acceptors (Lipinski definition) is 7. The lowest BCUT2D eigenvalue weighted by molar-refractivity contribution is -0.199. The van der Waals surface area contributed by atoms with Crippen LogP contribution >= 0.6 is 0 Å². The zero-order valence-electron chi connectivity index (χ0n) is 28.2. The van der Waals surface area contributed by atoms with Crippen molar-refractivity contribution in [2.45, 2.75) is 141 Å². The van der Waals surface area contributed by atoms with E-state index in [4.69, 9.17) is 18.8 Å². The number of amides is 3. The zero-order valence-corrected chi connectivity index (χ0v) is 29.2. The molecule has 43 heavy (non-hydrogen) atoms. The van der Waals surface area contributed by atoms with Gasteiger partial charge in [0.2, 0.25) is 11.8 Å². The Bertz CT molecular complexity index is 1050. The van der Waals surface area contributed by atoms with Gasteiger partial charge in [-0.3, -0.25) is 9.59 Å². The number of hydrogen-bond donors (Lipinski definition) is 2. The largest absolute Gasteiger partial charge is 0.481 e. The number of methoxy groups -OCH3 is 1. The molecule has 0 spiro atoms. The average molecular weight is 622 g/mol. The summed E-state index contributed by atoms with van der Waals surface area (Å²) in [6, 6.07) is -0.808. The lowest BCUT2D eigenvalue weighted by Crippen LogP contribution is -2.65. The number of nitrogens with zero attached hydrogens (tertiary/aromatic N) is 1. The van der Waals surface area contributed by atoms with Crippen molar-refractivity contribution in [3.63, 3.8) is 0 Å². The summed E-state index contributed by atoms with van der Waals surface area (Å²) in [5.41, 5.74) is -0.831. The van der Waals surface area contributed by atoms with Crippen LogP contribution in [0.1, 0.15) is 80.1 Å². The Morgan fingerprint density at radius 1 is 1.12 bits per heavy atom. The Morgan fingerprint density at radius 2 is 1.81 bits per heavy atom.